The molecule has 3 heterocycles. The van der Waals surface area contributed by atoms with Crippen molar-refractivity contribution in [1.29, 1.82) is 0 Å². The summed E-state index contributed by atoms with van der Waals surface area (Å²) in [5, 5.41) is 4.83. The van der Waals surface area contributed by atoms with Crippen LogP contribution in [0.2, 0.25) is 0 Å². The van der Waals surface area contributed by atoms with Gasteiger partial charge in [0.05, 0.1) is 17.3 Å². The summed E-state index contributed by atoms with van der Waals surface area (Å²) in [6, 6.07) is 3.99. The van der Waals surface area contributed by atoms with Crippen LogP contribution in [0.15, 0.2) is 12.1 Å². The van der Waals surface area contributed by atoms with Crippen molar-refractivity contribution < 1.29 is 18.0 Å². The summed E-state index contributed by atoms with van der Waals surface area (Å²) in [5.74, 6) is -0.519. The molecule has 2 fully saturated rings. The van der Waals surface area contributed by atoms with Gasteiger partial charge >= 0.3 is 6.18 Å². The van der Waals surface area contributed by atoms with Gasteiger partial charge in [-0.25, -0.2) is 9.50 Å². The third kappa shape index (κ3) is 4.05. The first-order valence-electron chi connectivity index (χ1n) is 10.9. The number of amides is 1. The maximum atomic E-state index is 13.0. The van der Waals surface area contributed by atoms with Crippen molar-refractivity contribution in [2.24, 2.45) is 11.8 Å². The third-order valence-corrected chi connectivity index (χ3v) is 7.05. The number of carbonyl (C=O) groups excluding carboxylic acids is 1. The highest BCUT2D eigenvalue weighted by Gasteiger charge is 2.42. The van der Waals surface area contributed by atoms with E-state index in [-0.39, 0.29) is 24.7 Å². The summed E-state index contributed by atoms with van der Waals surface area (Å²) in [7, 11) is 0. The second kappa shape index (κ2) is 8.19. The van der Waals surface area contributed by atoms with Gasteiger partial charge in [-0.2, -0.15) is 18.3 Å². The molecule has 1 saturated heterocycles. The molecule has 164 valence electrons. The Morgan fingerprint density at radius 2 is 1.90 bits per heavy atom. The van der Waals surface area contributed by atoms with E-state index in [1.165, 1.54) is 0 Å². The van der Waals surface area contributed by atoms with Crippen LogP contribution in [-0.4, -0.2) is 45.2 Å². The number of aryl methyl sites for hydroxylation is 1. The molecular formula is C22H29F3N4O. The van der Waals surface area contributed by atoms with Crippen LogP contribution in [0.4, 0.5) is 13.2 Å². The smallest absolute Gasteiger partial charge is 0.345 e. The van der Waals surface area contributed by atoms with E-state index in [9.17, 15) is 18.0 Å². The Balaban J connectivity index is 1.64. The zero-order chi connectivity index (χ0) is 21.5. The van der Waals surface area contributed by atoms with E-state index in [2.05, 4.69) is 11.9 Å². The van der Waals surface area contributed by atoms with Gasteiger partial charge < -0.3 is 4.90 Å². The molecule has 1 amide bonds. The van der Waals surface area contributed by atoms with Gasteiger partial charge in [0.15, 0.2) is 5.65 Å². The number of hydrogen-bond acceptors (Lipinski definition) is 3. The van der Waals surface area contributed by atoms with Crippen LogP contribution >= 0.6 is 0 Å². The summed E-state index contributed by atoms with van der Waals surface area (Å²) in [6.45, 7) is 5.56. The number of nitrogens with zero attached hydrogens (tertiary/aromatic N) is 4. The molecule has 2 atom stereocenters. The number of hydrogen-bond donors (Lipinski definition) is 0. The fraction of sp³-hybridized carbons (Fsp3) is 0.682. The average Bonchev–Trinajstić information content (AvgIpc) is 3.16. The molecule has 0 aromatic carbocycles. The molecule has 0 spiro atoms. The highest BCUT2D eigenvalue weighted by molar-refractivity contribution is 5.48. The number of likely N-dealkylation sites (tertiary alicyclic amines) is 1. The first kappa shape index (κ1) is 21.1. The number of fused-ring (bicyclic) bond motifs is 1. The topological polar surface area (TPSA) is 50.5 Å². The van der Waals surface area contributed by atoms with E-state index in [0.29, 0.717) is 25.3 Å². The van der Waals surface area contributed by atoms with Gasteiger partial charge in [0, 0.05) is 36.7 Å². The van der Waals surface area contributed by atoms with Gasteiger partial charge in [-0.3, -0.25) is 4.79 Å². The fourth-order valence-corrected chi connectivity index (χ4v) is 5.27. The van der Waals surface area contributed by atoms with E-state index in [0.717, 1.165) is 48.5 Å². The summed E-state index contributed by atoms with van der Waals surface area (Å²) >= 11 is 0. The van der Waals surface area contributed by atoms with Crippen molar-refractivity contribution in [3.8, 4) is 0 Å². The highest BCUT2D eigenvalue weighted by atomic mass is 19.4. The standard InChI is InChI=1S/C22H29F3N4O/c1-3-15-8-9-28(13-30)12-18(15)20-10-14(2)26-21-11-19(27-29(20)21)16-4-6-17(7-5-16)22(23,24)25/h10-11,13,15-18H,3-9,12H2,1-2H3. The molecule has 1 aliphatic carbocycles. The summed E-state index contributed by atoms with van der Waals surface area (Å²) in [6.07, 6.45) is 0.124. The van der Waals surface area contributed by atoms with Crippen molar-refractivity contribution in [2.75, 3.05) is 13.1 Å². The number of alkyl halides is 3. The quantitative estimate of drug-likeness (QED) is 0.662. The minimum atomic E-state index is -4.10. The van der Waals surface area contributed by atoms with Gasteiger partial charge in [0.2, 0.25) is 6.41 Å². The second-order valence-corrected chi connectivity index (χ2v) is 8.92. The van der Waals surface area contributed by atoms with Crippen LogP contribution < -0.4 is 0 Å². The van der Waals surface area contributed by atoms with Gasteiger partial charge in [0.1, 0.15) is 0 Å². The zero-order valence-electron chi connectivity index (χ0n) is 17.5. The van der Waals surface area contributed by atoms with E-state index in [4.69, 9.17) is 5.10 Å². The molecule has 1 saturated carbocycles. The van der Waals surface area contributed by atoms with E-state index < -0.39 is 12.1 Å². The van der Waals surface area contributed by atoms with Gasteiger partial charge in [-0.15, -0.1) is 0 Å². The Morgan fingerprint density at radius 3 is 2.53 bits per heavy atom. The van der Waals surface area contributed by atoms with Crippen LogP contribution in [0.1, 0.15) is 74.4 Å². The fourth-order valence-electron chi connectivity index (χ4n) is 5.27. The molecule has 0 radical (unpaired) electrons. The average molecular weight is 422 g/mol. The normalized spacial score (nSPS) is 28.1. The monoisotopic (exact) mass is 422 g/mol. The molecular weight excluding hydrogens is 393 g/mol. The van der Waals surface area contributed by atoms with Crippen LogP contribution in [0.5, 0.6) is 0 Å². The van der Waals surface area contributed by atoms with Crippen molar-refractivity contribution in [2.45, 2.75) is 70.4 Å². The van der Waals surface area contributed by atoms with E-state index in [1.807, 2.05) is 28.5 Å². The number of rotatable bonds is 4. The molecule has 8 heteroatoms. The highest BCUT2D eigenvalue weighted by Crippen LogP contribution is 2.43. The number of halogens is 3. The second-order valence-electron chi connectivity index (χ2n) is 8.92. The van der Waals surface area contributed by atoms with Crippen molar-refractivity contribution in [3.63, 3.8) is 0 Å². The summed E-state index contributed by atoms with van der Waals surface area (Å²) in [4.78, 5) is 17.8. The molecule has 5 nitrogen and oxygen atoms in total. The SMILES string of the molecule is CCC1CCN(C=O)CC1c1cc(C)nc2cc(C3CCC(C(F)(F)F)CC3)nn12. The Labute approximate surface area is 174 Å². The first-order chi connectivity index (χ1) is 14.3. The zero-order valence-corrected chi connectivity index (χ0v) is 17.5. The number of piperidine rings is 1. The molecule has 2 aromatic rings. The predicted molar refractivity (Wildman–Crippen MR) is 107 cm³/mol. The molecule has 2 aromatic heterocycles. The molecule has 2 unspecified atom stereocenters. The molecule has 30 heavy (non-hydrogen) atoms. The van der Waals surface area contributed by atoms with E-state index in [1.54, 1.807) is 0 Å². The summed E-state index contributed by atoms with van der Waals surface area (Å²) < 4.78 is 40.9. The van der Waals surface area contributed by atoms with E-state index >= 15 is 0 Å². The van der Waals surface area contributed by atoms with Crippen LogP contribution in [-0.2, 0) is 4.79 Å². The molecule has 0 bridgehead atoms. The minimum absolute atomic E-state index is 0.0401. The molecule has 4 rings (SSSR count). The third-order valence-electron chi connectivity index (χ3n) is 7.05. The van der Waals surface area contributed by atoms with Crippen molar-refractivity contribution in [1.82, 2.24) is 19.5 Å². The minimum Gasteiger partial charge on any atom is -0.345 e. The molecule has 0 N–H and O–H groups in total. The Hall–Kier alpha value is -2.12. The molecule has 1 aliphatic heterocycles. The first-order valence-corrected chi connectivity index (χ1v) is 10.9. The molecule has 2 aliphatic rings. The van der Waals surface area contributed by atoms with Gasteiger partial charge in [-0.1, -0.05) is 13.3 Å². The number of carbonyl (C=O) groups is 1. The Kier molecular flexibility index (Phi) is 5.77. The van der Waals surface area contributed by atoms with Crippen LogP contribution in [0, 0.1) is 18.8 Å². The largest absolute Gasteiger partial charge is 0.391 e. The van der Waals surface area contributed by atoms with Crippen LogP contribution in [0.25, 0.3) is 5.65 Å². The lowest BCUT2D eigenvalue weighted by atomic mass is 9.80. The lowest BCUT2D eigenvalue weighted by molar-refractivity contribution is -0.182. The van der Waals surface area contributed by atoms with Crippen LogP contribution in [0.3, 0.4) is 0 Å². The van der Waals surface area contributed by atoms with Crippen molar-refractivity contribution in [3.05, 3.63) is 29.2 Å². The predicted octanol–water partition coefficient (Wildman–Crippen LogP) is 4.85. The maximum absolute atomic E-state index is 13.0. The van der Waals surface area contributed by atoms with Gasteiger partial charge in [0.25, 0.3) is 0 Å². The van der Waals surface area contributed by atoms with Gasteiger partial charge in [-0.05, 0) is 51.0 Å². The lowest BCUT2D eigenvalue weighted by Crippen LogP contribution is -2.39. The number of aromatic nitrogens is 3. The lowest BCUT2D eigenvalue weighted by Gasteiger charge is -2.36. The Bertz CT molecular complexity index is 902. The Morgan fingerprint density at radius 1 is 1.17 bits per heavy atom. The summed E-state index contributed by atoms with van der Waals surface area (Å²) in [5.41, 5.74) is 3.52. The maximum Gasteiger partial charge on any atom is 0.391 e. The van der Waals surface area contributed by atoms with Crippen molar-refractivity contribution >= 4 is 12.1 Å².